The van der Waals surface area contributed by atoms with Gasteiger partial charge in [0.15, 0.2) is 0 Å². The van der Waals surface area contributed by atoms with E-state index in [2.05, 4.69) is 53.2 Å². The first-order chi connectivity index (χ1) is 36.8. The number of nitrogens with two attached hydrogens (primary N) is 1. The van der Waals surface area contributed by atoms with Gasteiger partial charge in [-0.15, -0.1) is 0 Å². The fraction of sp³-hybridized carbons (Fsp3) is 0.547. The van der Waals surface area contributed by atoms with Crippen LogP contribution in [0.15, 0.2) is 60.7 Å². The number of carboxylic acid groups (broad SMARTS) is 2. The molecule has 0 fully saturated rings. The van der Waals surface area contributed by atoms with Crippen molar-refractivity contribution < 1.29 is 67.7 Å². The van der Waals surface area contributed by atoms with Crippen LogP contribution in [-0.4, -0.2) is 149 Å². The van der Waals surface area contributed by atoms with E-state index in [1.165, 1.54) is 13.8 Å². The molecule has 2 aromatic rings. The van der Waals surface area contributed by atoms with Gasteiger partial charge in [-0.25, -0.2) is 4.79 Å². The maximum Gasteiger partial charge on any atom is 0.326 e. The van der Waals surface area contributed by atoms with Crippen LogP contribution in [0.2, 0.25) is 0 Å². The summed E-state index contributed by atoms with van der Waals surface area (Å²) in [5, 5.41) is 43.8. The van der Waals surface area contributed by atoms with Crippen LogP contribution in [-0.2, 0) is 70.4 Å². The monoisotopic (exact) mass is 1090 g/mol. The summed E-state index contributed by atoms with van der Waals surface area (Å²) in [6, 6.07) is 7.27. The Hall–Kier alpha value is -7.96. The van der Waals surface area contributed by atoms with Crippen LogP contribution in [0.4, 0.5) is 0 Å². The Bertz CT molecular complexity index is 2370. The van der Waals surface area contributed by atoms with Crippen LogP contribution >= 0.6 is 0 Å². The van der Waals surface area contributed by atoms with Crippen molar-refractivity contribution in [1.29, 1.82) is 0 Å². The van der Waals surface area contributed by atoms with E-state index in [9.17, 15) is 62.6 Å². The third-order valence-corrected chi connectivity index (χ3v) is 12.6. The van der Waals surface area contributed by atoms with E-state index in [1.807, 2.05) is 13.8 Å². The second kappa shape index (κ2) is 33.9. The van der Waals surface area contributed by atoms with Gasteiger partial charge >= 0.3 is 11.9 Å². The van der Waals surface area contributed by atoms with Crippen LogP contribution in [0, 0.1) is 17.8 Å². The van der Waals surface area contributed by atoms with Gasteiger partial charge in [-0.1, -0.05) is 115 Å². The summed E-state index contributed by atoms with van der Waals surface area (Å²) in [6.45, 7) is 11.6. The molecule has 430 valence electrons. The molecule has 10 atom stereocenters. The van der Waals surface area contributed by atoms with E-state index in [0.29, 0.717) is 24.0 Å². The van der Waals surface area contributed by atoms with Gasteiger partial charge < -0.3 is 69.1 Å². The van der Waals surface area contributed by atoms with Crippen LogP contribution in [0.1, 0.15) is 98.6 Å². The molecule has 0 aliphatic rings. The highest BCUT2D eigenvalue weighted by Gasteiger charge is 2.34. The predicted molar refractivity (Wildman–Crippen MR) is 285 cm³/mol. The summed E-state index contributed by atoms with van der Waals surface area (Å²) in [5.41, 5.74) is 6.76. The highest BCUT2D eigenvalue weighted by Crippen LogP contribution is 2.13. The topological polar surface area (TPSA) is 392 Å². The Morgan fingerprint density at radius 2 is 0.885 bits per heavy atom. The molecule has 0 heterocycles. The number of rotatable bonds is 34. The molecule has 0 aliphatic carbocycles. The molecular weight excluding hydrogens is 1010 g/mol. The minimum absolute atomic E-state index is 0.00843. The van der Waals surface area contributed by atoms with Gasteiger partial charge in [-0.3, -0.25) is 52.7 Å². The van der Waals surface area contributed by atoms with Gasteiger partial charge in [0.25, 0.3) is 0 Å². The van der Waals surface area contributed by atoms with Crippen molar-refractivity contribution in [2.75, 3.05) is 19.6 Å². The molecule has 0 aliphatic heterocycles. The van der Waals surface area contributed by atoms with Gasteiger partial charge in [0, 0.05) is 19.3 Å². The summed E-state index contributed by atoms with van der Waals surface area (Å²) in [7, 11) is 0. The molecule has 2 rings (SSSR count). The molecule has 25 nitrogen and oxygen atoms in total. The summed E-state index contributed by atoms with van der Waals surface area (Å²) < 4.78 is 0. The Labute approximate surface area is 454 Å². The lowest BCUT2D eigenvalue weighted by Crippen LogP contribution is -2.59. The predicted octanol–water partition coefficient (Wildman–Crippen LogP) is -1.33. The smallest absolute Gasteiger partial charge is 0.326 e. The van der Waals surface area contributed by atoms with Gasteiger partial charge in [0.1, 0.15) is 48.3 Å². The Balaban J connectivity index is 2.10. The average molecular weight is 1090 g/mol. The minimum atomic E-state index is -1.56. The molecule has 14 N–H and O–H groups in total. The number of amides is 10. The van der Waals surface area contributed by atoms with Crippen molar-refractivity contribution in [3.8, 4) is 0 Å². The molecular formula is C53H79N11O14. The molecule has 0 aromatic heterocycles. The third kappa shape index (κ3) is 23.9. The third-order valence-electron chi connectivity index (χ3n) is 12.6. The number of carbonyl (C=O) groups is 12. The van der Waals surface area contributed by atoms with E-state index >= 15 is 0 Å². The van der Waals surface area contributed by atoms with Crippen molar-refractivity contribution in [3.63, 3.8) is 0 Å². The van der Waals surface area contributed by atoms with Crippen molar-refractivity contribution in [2.45, 2.75) is 149 Å². The molecule has 0 saturated heterocycles. The van der Waals surface area contributed by atoms with E-state index in [4.69, 9.17) is 10.8 Å². The number of hydrogen-bond donors (Lipinski definition) is 13. The zero-order chi connectivity index (χ0) is 58.6. The molecule has 0 unspecified atom stereocenters. The minimum Gasteiger partial charge on any atom is -0.481 e. The number of hydrogen-bond acceptors (Lipinski definition) is 13. The first-order valence-corrected chi connectivity index (χ1v) is 26.0. The average Bonchev–Trinajstić information content (AvgIpc) is 3.40. The number of benzene rings is 2. The van der Waals surface area contributed by atoms with Gasteiger partial charge in [0.2, 0.25) is 59.1 Å². The van der Waals surface area contributed by atoms with Crippen molar-refractivity contribution >= 4 is 71.0 Å². The van der Waals surface area contributed by atoms with Crippen molar-refractivity contribution in [1.82, 2.24) is 53.2 Å². The molecule has 0 spiro atoms. The molecule has 10 amide bonds. The number of carboxylic acids is 2. The summed E-state index contributed by atoms with van der Waals surface area (Å²) in [5.74, 6) is -11.4. The highest BCUT2D eigenvalue weighted by atomic mass is 16.4. The fourth-order valence-electron chi connectivity index (χ4n) is 7.65. The second-order valence-corrected chi connectivity index (χ2v) is 19.5. The molecule has 78 heavy (non-hydrogen) atoms. The van der Waals surface area contributed by atoms with Gasteiger partial charge in [-0.05, 0) is 55.6 Å². The summed E-state index contributed by atoms with van der Waals surface area (Å²) >= 11 is 0. The van der Waals surface area contributed by atoms with Crippen LogP contribution in [0.25, 0.3) is 0 Å². The zero-order valence-corrected chi connectivity index (χ0v) is 45.6. The molecule has 25 heteroatoms. The lowest BCUT2D eigenvalue weighted by molar-refractivity contribution is -0.144. The summed E-state index contributed by atoms with van der Waals surface area (Å²) in [6.07, 6.45) is 0.0185. The number of carbonyl (C=O) groups excluding carboxylic acids is 10. The fourth-order valence-corrected chi connectivity index (χ4v) is 7.65. The molecule has 0 radical (unpaired) electrons. The Kier molecular flexibility index (Phi) is 28.8. The lowest BCUT2D eigenvalue weighted by atomic mass is 9.96. The van der Waals surface area contributed by atoms with Crippen LogP contribution in [0.3, 0.4) is 0 Å². The van der Waals surface area contributed by atoms with Crippen molar-refractivity contribution in [2.24, 2.45) is 23.5 Å². The largest absolute Gasteiger partial charge is 0.481 e. The highest BCUT2D eigenvalue weighted by molar-refractivity contribution is 5.98. The molecule has 2 aromatic carbocycles. The van der Waals surface area contributed by atoms with Crippen LogP contribution < -0.4 is 58.9 Å². The first kappa shape index (κ1) is 66.2. The van der Waals surface area contributed by atoms with Crippen molar-refractivity contribution in [3.05, 3.63) is 71.8 Å². The van der Waals surface area contributed by atoms with E-state index < -0.39 is 157 Å². The number of aliphatic carboxylic acids is 2. The lowest BCUT2D eigenvalue weighted by Gasteiger charge is -2.28. The molecule has 0 saturated carbocycles. The first-order valence-electron chi connectivity index (χ1n) is 26.0. The maximum atomic E-state index is 13.8. The normalized spacial score (nSPS) is 14.8. The maximum absolute atomic E-state index is 13.8. The number of nitrogens with one attached hydrogen (secondary N) is 10. The summed E-state index contributed by atoms with van der Waals surface area (Å²) in [4.78, 5) is 156. The van der Waals surface area contributed by atoms with E-state index in [-0.39, 0.29) is 31.7 Å². The second-order valence-electron chi connectivity index (χ2n) is 19.5. The zero-order valence-electron chi connectivity index (χ0n) is 45.6. The van der Waals surface area contributed by atoms with E-state index in [0.717, 1.165) is 0 Å². The Morgan fingerprint density at radius 3 is 1.36 bits per heavy atom. The SMILES string of the molecule is CC[C@H](C)[C@H](NC(=O)[C@H](C)NC(=O)CNC(=O)[C@H](Cc1ccccc1)NC(=O)[C@H](CC(C)C)NC(=O)CN)C(=O)N[C@@H](C)C(=O)NCC(=O)N[C@@H](Cc1ccccc1)C(=O)N[C@H](C(=O)N[C@@H](CCC(=O)O)C(=O)O)[C@@H](C)CC. The van der Waals surface area contributed by atoms with Crippen LogP contribution in [0.5, 0.6) is 0 Å². The quantitative estimate of drug-likeness (QED) is 0.0386. The molecule has 0 bridgehead atoms. The van der Waals surface area contributed by atoms with E-state index in [1.54, 1.807) is 88.4 Å². The van der Waals surface area contributed by atoms with Gasteiger partial charge in [-0.2, -0.15) is 0 Å². The standard InChI is InChI=1S/C53H79N11O14/c1-9-30(5)44(63-47(71)33(8)57-41(66)27-56-48(72)38(24-34-17-13-11-14-18-34)62-49(73)37(23-29(3)4)59-40(65)26-54)51(75)58-32(7)46(70)55-28-42(67)60-39(25-35-19-15-12-16-20-35)50(74)64-45(31(6)10-2)52(76)61-36(53(77)78)21-22-43(68)69/h11-20,29-33,36-39,44-45H,9-10,21-28,54H2,1-8H3,(H,55,70)(H,56,72)(H,57,66)(H,58,75)(H,59,65)(H,60,67)(H,61,76)(H,62,73)(H,63,71)(H,64,74)(H,68,69)(H,77,78)/t30-,31-,32-,33-,36-,37-,38-,39-,44-,45-/m0/s1. The Morgan fingerprint density at radius 1 is 0.462 bits per heavy atom. The van der Waals surface area contributed by atoms with Gasteiger partial charge in [0.05, 0.1) is 19.6 Å².